The molecule has 5 heteroatoms. The van der Waals surface area contributed by atoms with Gasteiger partial charge in [-0.2, -0.15) is 0 Å². The van der Waals surface area contributed by atoms with Gasteiger partial charge < -0.3 is 10.4 Å². The number of nitrogens with one attached hydrogen (secondary N) is 1. The zero-order chi connectivity index (χ0) is 13.2. The molecular weight excluding hydrogens is 280 g/mol. The van der Waals surface area contributed by atoms with Crippen molar-refractivity contribution >= 4 is 38.3 Å². The number of nitrogens with zero attached hydrogens (tertiary/aromatic N) is 1. The monoisotopic (exact) mass is 290 g/mol. The molecule has 19 heavy (non-hydrogen) atoms. The van der Waals surface area contributed by atoms with Crippen LogP contribution in [-0.4, -0.2) is 10.1 Å². The summed E-state index contributed by atoms with van der Waals surface area (Å²) in [5, 5.41) is 14.4. The number of phenolic OH excluding ortho intramolecular Hbond substituents is 1. The zero-order valence-electron chi connectivity index (χ0n) is 9.93. The Morgan fingerprint density at radius 3 is 2.89 bits per heavy atom. The molecule has 1 heterocycles. The molecule has 0 fully saturated rings. The van der Waals surface area contributed by atoms with Gasteiger partial charge >= 0.3 is 0 Å². The molecule has 0 bridgehead atoms. The highest BCUT2D eigenvalue weighted by molar-refractivity contribution is 7.22. The molecule has 96 valence electrons. The molecule has 0 aliphatic carbocycles. The molecule has 0 spiro atoms. The first-order chi connectivity index (χ1) is 9.22. The largest absolute Gasteiger partial charge is 0.508 e. The molecular formula is C14H11ClN2OS. The summed E-state index contributed by atoms with van der Waals surface area (Å²) in [5.41, 5.74) is 1.77. The van der Waals surface area contributed by atoms with Crippen LogP contribution in [0, 0.1) is 0 Å². The minimum Gasteiger partial charge on any atom is -0.508 e. The number of hydrogen-bond donors (Lipinski definition) is 2. The number of hydrogen-bond acceptors (Lipinski definition) is 4. The maximum absolute atomic E-state index is 9.69. The second kappa shape index (κ2) is 5.07. The van der Waals surface area contributed by atoms with Gasteiger partial charge in [-0.05, 0) is 24.3 Å². The van der Waals surface area contributed by atoms with Crippen LogP contribution in [0.2, 0.25) is 5.02 Å². The SMILES string of the molecule is Oc1ccccc1CNc1nc2ccc(Cl)cc2s1. The predicted octanol–water partition coefficient (Wildman–Crippen LogP) is 4.27. The number of thiazole rings is 1. The Balaban J connectivity index is 1.80. The van der Waals surface area contributed by atoms with Gasteiger partial charge in [0.25, 0.3) is 0 Å². The summed E-state index contributed by atoms with van der Waals surface area (Å²) in [5.74, 6) is 0.291. The molecule has 0 saturated heterocycles. The molecule has 0 unspecified atom stereocenters. The van der Waals surface area contributed by atoms with Crippen LogP contribution in [0.25, 0.3) is 10.2 Å². The highest BCUT2D eigenvalue weighted by atomic mass is 35.5. The first-order valence-electron chi connectivity index (χ1n) is 5.79. The molecule has 3 rings (SSSR count). The van der Waals surface area contributed by atoms with Gasteiger partial charge in [-0.1, -0.05) is 41.1 Å². The summed E-state index contributed by atoms with van der Waals surface area (Å²) >= 11 is 7.50. The van der Waals surface area contributed by atoms with E-state index in [2.05, 4.69) is 10.3 Å². The average molecular weight is 291 g/mol. The number of para-hydroxylation sites is 1. The number of halogens is 1. The van der Waals surface area contributed by atoms with Crippen molar-refractivity contribution in [1.82, 2.24) is 4.98 Å². The highest BCUT2D eigenvalue weighted by Crippen LogP contribution is 2.29. The summed E-state index contributed by atoms with van der Waals surface area (Å²) in [6.07, 6.45) is 0. The van der Waals surface area contributed by atoms with E-state index in [-0.39, 0.29) is 0 Å². The third-order valence-electron chi connectivity index (χ3n) is 2.77. The van der Waals surface area contributed by atoms with E-state index >= 15 is 0 Å². The normalized spacial score (nSPS) is 10.8. The van der Waals surface area contributed by atoms with Gasteiger partial charge in [0.1, 0.15) is 5.75 Å². The lowest BCUT2D eigenvalue weighted by Crippen LogP contribution is -1.98. The van der Waals surface area contributed by atoms with E-state index < -0.39 is 0 Å². The summed E-state index contributed by atoms with van der Waals surface area (Å²) < 4.78 is 1.05. The van der Waals surface area contributed by atoms with Crippen molar-refractivity contribution in [2.24, 2.45) is 0 Å². The van der Waals surface area contributed by atoms with Crippen molar-refractivity contribution in [3.05, 3.63) is 53.1 Å². The van der Waals surface area contributed by atoms with E-state index in [4.69, 9.17) is 11.6 Å². The van der Waals surface area contributed by atoms with Crippen LogP contribution in [0.15, 0.2) is 42.5 Å². The van der Waals surface area contributed by atoms with Crippen molar-refractivity contribution in [2.45, 2.75) is 6.54 Å². The molecule has 3 aromatic rings. The first-order valence-corrected chi connectivity index (χ1v) is 6.99. The van der Waals surface area contributed by atoms with Crippen molar-refractivity contribution in [3.8, 4) is 5.75 Å². The van der Waals surface area contributed by atoms with E-state index in [1.54, 1.807) is 23.5 Å². The zero-order valence-corrected chi connectivity index (χ0v) is 11.5. The van der Waals surface area contributed by atoms with Crippen molar-refractivity contribution in [1.29, 1.82) is 0 Å². The third kappa shape index (κ3) is 2.64. The number of aromatic nitrogens is 1. The Labute approximate surface area is 119 Å². The Kier molecular flexibility index (Phi) is 3.27. The van der Waals surface area contributed by atoms with Gasteiger partial charge in [0.15, 0.2) is 5.13 Å². The number of aromatic hydroxyl groups is 1. The number of rotatable bonds is 3. The van der Waals surface area contributed by atoms with E-state index in [1.807, 2.05) is 30.3 Å². The van der Waals surface area contributed by atoms with Gasteiger partial charge in [-0.15, -0.1) is 0 Å². The molecule has 2 aromatic carbocycles. The topological polar surface area (TPSA) is 45.1 Å². The maximum atomic E-state index is 9.69. The fourth-order valence-corrected chi connectivity index (χ4v) is 2.94. The van der Waals surface area contributed by atoms with Crippen molar-refractivity contribution < 1.29 is 5.11 Å². The third-order valence-corrected chi connectivity index (χ3v) is 3.98. The van der Waals surface area contributed by atoms with Gasteiger partial charge in [0.2, 0.25) is 0 Å². The summed E-state index contributed by atoms with van der Waals surface area (Å²) in [7, 11) is 0. The Morgan fingerprint density at radius 1 is 1.21 bits per heavy atom. The maximum Gasteiger partial charge on any atom is 0.184 e. The fourth-order valence-electron chi connectivity index (χ4n) is 1.81. The van der Waals surface area contributed by atoms with E-state index in [0.717, 1.165) is 20.9 Å². The van der Waals surface area contributed by atoms with Crippen LogP contribution in [0.1, 0.15) is 5.56 Å². The molecule has 0 radical (unpaired) electrons. The van der Waals surface area contributed by atoms with Crippen LogP contribution >= 0.6 is 22.9 Å². The number of fused-ring (bicyclic) bond motifs is 1. The average Bonchev–Trinajstić information content (AvgIpc) is 2.79. The van der Waals surface area contributed by atoms with E-state index in [9.17, 15) is 5.11 Å². The second-order valence-electron chi connectivity index (χ2n) is 4.11. The highest BCUT2D eigenvalue weighted by Gasteiger charge is 2.05. The molecule has 2 N–H and O–H groups in total. The number of anilines is 1. The van der Waals surface area contributed by atoms with Crippen LogP contribution in [0.5, 0.6) is 5.75 Å². The van der Waals surface area contributed by atoms with Gasteiger partial charge in [0, 0.05) is 17.1 Å². The summed E-state index contributed by atoms with van der Waals surface area (Å²) in [4.78, 5) is 4.47. The molecule has 0 aliphatic heterocycles. The molecule has 0 amide bonds. The minimum atomic E-state index is 0.291. The quantitative estimate of drug-likeness (QED) is 0.757. The number of benzene rings is 2. The fraction of sp³-hybridized carbons (Fsp3) is 0.0714. The van der Waals surface area contributed by atoms with Crippen molar-refractivity contribution in [3.63, 3.8) is 0 Å². The van der Waals surface area contributed by atoms with Crippen LogP contribution < -0.4 is 5.32 Å². The van der Waals surface area contributed by atoms with Crippen molar-refractivity contribution in [2.75, 3.05) is 5.32 Å². The van der Waals surface area contributed by atoms with Crippen LogP contribution in [0.4, 0.5) is 5.13 Å². The Bertz CT molecular complexity index is 726. The van der Waals surface area contributed by atoms with Crippen LogP contribution in [0.3, 0.4) is 0 Å². The lowest BCUT2D eigenvalue weighted by Gasteiger charge is -2.04. The standard InChI is InChI=1S/C14H11ClN2OS/c15-10-5-6-11-13(7-10)19-14(17-11)16-8-9-3-1-2-4-12(9)18/h1-7,18H,8H2,(H,16,17). The molecule has 0 saturated carbocycles. The first kappa shape index (κ1) is 12.3. The van der Waals surface area contributed by atoms with E-state index in [0.29, 0.717) is 17.3 Å². The van der Waals surface area contributed by atoms with Gasteiger partial charge in [-0.25, -0.2) is 4.98 Å². The molecule has 1 aromatic heterocycles. The van der Waals surface area contributed by atoms with Crippen LogP contribution in [-0.2, 0) is 6.54 Å². The Hall–Kier alpha value is -1.78. The Morgan fingerprint density at radius 2 is 2.05 bits per heavy atom. The molecule has 0 atom stereocenters. The van der Waals surface area contributed by atoms with Gasteiger partial charge in [0.05, 0.1) is 10.2 Å². The molecule has 0 aliphatic rings. The summed E-state index contributed by atoms with van der Waals surface area (Å²) in [6.45, 7) is 0.542. The molecule has 3 nitrogen and oxygen atoms in total. The second-order valence-corrected chi connectivity index (χ2v) is 5.58. The van der Waals surface area contributed by atoms with E-state index in [1.165, 1.54) is 0 Å². The lowest BCUT2D eigenvalue weighted by atomic mass is 10.2. The lowest BCUT2D eigenvalue weighted by molar-refractivity contribution is 0.469. The number of phenols is 1. The summed E-state index contributed by atoms with van der Waals surface area (Å²) in [6, 6.07) is 12.9. The predicted molar refractivity (Wildman–Crippen MR) is 80.1 cm³/mol. The minimum absolute atomic E-state index is 0.291. The smallest absolute Gasteiger partial charge is 0.184 e. The van der Waals surface area contributed by atoms with Gasteiger partial charge in [-0.3, -0.25) is 0 Å².